The van der Waals surface area contributed by atoms with Crippen LogP contribution in [0.1, 0.15) is 50.3 Å². The van der Waals surface area contributed by atoms with Crippen LogP contribution in [-0.2, 0) is 4.79 Å². The quantitative estimate of drug-likeness (QED) is 0.821. The predicted octanol–water partition coefficient (Wildman–Crippen LogP) is 3.75. The van der Waals surface area contributed by atoms with Gasteiger partial charge in [-0.05, 0) is 51.3 Å². The molecule has 2 rings (SSSR count). The largest absolute Gasteiger partial charge is 0.300 e. The summed E-state index contributed by atoms with van der Waals surface area (Å²) < 4.78 is 0. The number of benzene rings is 1. The van der Waals surface area contributed by atoms with Crippen LogP contribution in [0.15, 0.2) is 24.3 Å². The standard InChI is InChI=1S/C17H25NO/c1-13-7-9-18(10-8-13)17(12-15(3)19)16-6-4-5-14(2)11-16/h4-6,11,13,17H,7-10,12H2,1-3H3. The van der Waals surface area contributed by atoms with E-state index < -0.39 is 0 Å². The van der Waals surface area contributed by atoms with E-state index in [-0.39, 0.29) is 11.8 Å². The normalized spacial score (nSPS) is 19.3. The van der Waals surface area contributed by atoms with Gasteiger partial charge in [-0.2, -0.15) is 0 Å². The minimum atomic E-state index is 0.268. The molecule has 1 fully saturated rings. The fourth-order valence-electron chi connectivity index (χ4n) is 2.95. The fourth-order valence-corrected chi connectivity index (χ4v) is 2.95. The van der Waals surface area contributed by atoms with Crippen molar-refractivity contribution in [3.63, 3.8) is 0 Å². The van der Waals surface area contributed by atoms with Crippen molar-refractivity contribution in [2.45, 2.75) is 46.1 Å². The van der Waals surface area contributed by atoms with Crippen molar-refractivity contribution < 1.29 is 4.79 Å². The zero-order valence-electron chi connectivity index (χ0n) is 12.4. The Hall–Kier alpha value is -1.15. The van der Waals surface area contributed by atoms with E-state index in [1.807, 2.05) is 0 Å². The van der Waals surface area contributed by atoms with E-state index in [1.165, 1.54) is 24.0 Å². The van der Waals surface area contributed by atoms with Gasteiger partial charge in [-0.15, -0.1) is 0 Å². The molecule has 0 bridgehead atoms. The van der Waals surface area contributed by atoms with Gasteiger partial charge in [-0.25, -0.2) is 0 Å². The van der Waals surface area contributed by atoms with Gasteiger partial charge >= 0.3 is 0 Å². The first kappa shape index (κ1) is 14.3. The Kier molecular flexibility index (Phi) is 4.76. The number of rotatable bonds is 4. The molecule has 0 amide bonds. The average Bonchev–Trinajstić information content (AvgIpc) is 2.37. The summed E-state index contributed by atoms with van der Waals surface area (Å²) in [7, 11) is 0. The number of hydrogen-bond donors (Lipinski definition) is 0. The lowest BCUT2D eigenvalue weighted by Gasteiger charge is -2.36. The van der Waals surface area contributed by atoms with Crippen LogP contribution in [0.25, 0.3) is 0 Å². The number of hydrogen-bond acceptors (Lipinski definition) is 2. The molecule has 0 radical (unpaired) electrons. The van der Waals surface area contributed by atoms with Crippen molar-refractivity contribution in [1.29, 1.82) is 0 Å². The van der Waals surface area contributed by atoms with Crippen molar-refractivity contribution in [2.24, 2.45) is 5.92 Å². The summed E-state index contributed by atoms with van der Waals surface area (Å²) in [4.78, 5) is 14.1. The maximum atomic E-state index is 11.6. The molecule has 1 unspecified atom stereocenters. The van der Waals surface area contributed by atoms with Gasteiger partial charge in [-0.1, -0.05) is 36.8 Å². The highest BCUT2D eigenvalue weighted by atomic mass is 16.1. The van der Waals surface area contributed by atoms with Gasteiger partial charge in [0.1, 0.15) is 5.78 Å². The Bertz CT molecular complexity index is 433. The highest BCUT2D eigenvalue weighted by molar-refractivity contribution is 5.76. The van der Waals surface area contributed by atoms with Gasteiger partial charge in [0.2, 0.25) is 0 Å². The lowest BCUT2D eigenvalue weighted by Crippen LogP contribution is -2.37. The third-order valence-electron chi connectivity index (χ3n) is 4.17. The summed E-state index contributed by atoms with van der Waals surface area (Å²) in [5.74, 6) is 1.11. The van der Waals surface area contributed by atoms with Crippen LogP contribution in [0.5, 0.6) is 0 Å². The Labute approximate surface area is 116 Å². The number of carbonyl (C=O) groups excluding carboxylic acids is 1. The second-order valence-corrected chi connectivity index (χ2v) is 6.05. The van der Waals surface area contributed by atoms with Gasteiger partial charge in [0.05, 0.1) is 0 Å². The lowest BCUT2D eigenvalue weighted by molar-refractivity contribution is -0.118. The molecule has 1 saturated heterocycles. The summed E-state index contributed by atoms with van der Waals surface area (Å²) in [6, 6.07) is 8.88. The second kappa shape index (κ2) is 6.33. The maximum absolute atomic E-state index is 11.6. The molecule has 0 spiro atoms. The number of ketones is 1. The summed E-state index contributed by atoms with van der Waals surface area (Å²) in [6.07, 6.45) is 3.14. The first-order valence-corrected chi connectivity index (χ1v) is 7.36. The maximum Gasteiger partial charge on any atom is 0.131 e. The number of nitrogens with zero attached hydrogens (tertiary/aromatic N) is 1. The molecule has 1 heterocycles. The smallest absolute Gasteiger partial charge is 0.131 e. The SMILES string of the molecule is CC(=O)CC(c1cccc(C)c1)N1CCC(C)CC1. The summed E-state index contributed by atoms with van der Waals surface area (Å²) >= 11 is 0. The molecule has 19 heavy (non-hydrogen) atoms. The molecular formula is C17H25NO. The predicted molar refractivity (Wildman–Crippen MR) is 79.2 cm³/mol. The molecule has 1 aromatic carbocycles. The molecule has 2 nitrogen and oxygen atoms in total. The van der Waals surface area contributed by atoms with E-state index in [4.69, 9.17) is 0 Å². The van der Waals surface area contributed by atoms with E-state index in [0.29, 0.717) is 6.42 Å². The van der Waals surface area contributed by atoms with Crippen LogP contribution in [0.3, 0.4) is 0 Å². The van der Waals surface area contributed by atoms with Crippen molar-refractivity contribution in [3.05, 3.63) is 35.4 Å². The van der Waals surface area contributed by atoms with Crippen LogP contribution in [-0.4, -0.2) is 23.8 Å². The first-order valence-electron chi connectivity index (χ1n) is 7.36. The van der Waals surface area contributed by atoms with Crippen LogP contribution in [0.4, 0.5) is 0 Å². The summed E-state index contributed by atoms with van der Waals surface area (Å²) in [5, 5.41) is 0. The van der Waals surface area contributed by atoms with E-state index >= 15 is 0 Å². The number of carbonyl (C=O) groups is 1. The van der Waals surface area contributed by atoms with E-state index in [9.17, 15) is 4.79 Å². The Balaban J connectivity index is 2.18. The molecule has 2 heteroatoms. The molecule has 0 aliphatic carbocycles. The summed E-state index contributed by atoms with van der Waals surface area (Å²) in [5.41, 5.74) is 2.57. The number of Topliss-reactive ketones (excluding diaryl/α,β-unsaturated/α-hetero) is 1. The molecule has 0 aromatic heterocycles. The third-order valence-corrected chi connectivity index (χ3v) is 4.17. The second-order valence-electron chi connectivity index (χ2n) is 6.05. The van der Waals surface area contributed by atoms with Crippen molar-refractivity contribution in [3.8, 4) is 0 Å². The zero-order valence-corrected chi connectivity index (χ0v) is 12.4. The zero-order chi connectivity index (χ0) is 13.8. The minimum Gasteiger partial charge on any atom is -0.300 e. The van der Waals surface area contributed by atoms with Gasteiger partial charge in [0, 0.05) is 12.5 Å². The topological polar surface area (TPSA) is 20.3 Å². The highest BCUT2D eigenvalue weighted by Gasteiger charge is 2.25. The molecule has 1 atom stereocenters. The molecule has 104 valence electrons. The Morgan fingerprint density at radius 1 is 1.37 bits per heavy atom. The first-order chi connectivity index (χ1) is 9.06. The highest BCUT2D eigenvalue weighted by Crippen LogP contribution is 2.29. The van der Waals surface area contributed by atoms with E-state index in [0.717, 1.165) is 19.0 Å². The molecule has 1 aliphatic rings. The van der Waals surface area contributed by atoms with Crippen molar-refractivity contribution in [2.75, 3.05) is 13.1 Å². The van der Waals surface area contributed by atoms with Gasteiger partial charge < -0.3 is 0 Å². The molecule has 1 aliphatic heterocycles. The fraction of sp³-hybridized carbons (Fsp3) is 0.588. The van der Waals surface area contributed by atoms with Crippen molar-refractivity contribution >= 4 is 5.78 Å². The monoisotopic (exact) mass is 259 g/mol. The molecule has 0 saturated carbocycles. The van der Waals surface area contributed by atoms with Gasteiger partial charge in [0.25, 0.3) is 0 Å². The Morgan fingerprint density at radius 2 is 2.05 bits per heavy atom. The van der Waals surface area contributed by atoms with Gasteiger partial charge in [-0.3, -0.25) is 9.69 Å². The van der Waals surface area contributed by atoms with Crippen molar-refractivity contribution in [1.82, 2.24) is 4.90 Å². The van der Waals surface area contributed by atoms with E-state index in [2.05, 4.69) is 43.0 Å². The molecule has 0 N–H and O–H groups in total. The summed E-state index contributed by atoms with van der Waals surface area (Å²) in [6.45, 7) is 8.38. The van der Waals surface area contributed by atoms with Crippen LogP contribution < -0.4 is 0 Å². The average molecular weight is 259 g/mol. The molecular weight excluding hydrogens is 234 g/mol. The molecule has 1 aromatic rings. The minimum absolute atomic E-state index is 0.268. The van der Waals surface area contributed by atoms with Crippen LogP contribution in [0.2, 0.25) is 0 Å². The number of piperidine rings is 1. The number of likely N-dealkylation sites (tertiary alicyclic amines) is 1. The van der Waals surface area contributed by atoms with Crippen LogP contribution in [0, 0.1) is 12.8 Å². The number of aryl methyl sites for hydroxylation is 1. The lowest BCUT2D eigenvalue weighted by atomic mass is 9.93. The van der Waals surface area contributed by atoms with E-state index in [1.54, 1.807) is 6.92 Å². The third kappa shape index (κ3) is 3.90. The van der Waals surface area contributed by atoms with Crippen LogP contribution >= 0.6 is 0 Å². The van der Waals surface area contributed by atoms with Gasteiger partial charge in [0.15, 0.2) is 0 Å². The Morgan fingerprint density at radius 3 is 2.63 bits per heavy atom.